The van der Waals surface area contributed by atoms with Crippen molar-refractivity contribution in [2.45, 2.75) is 13.3 Å². The van der Waals surface area contributed by atoms with E-state index in [0.29, 0.717) is 6.54 Å². The summed E-state index contributed by atoms with van der Waals surface area (Å²) in [6, 6.07) is 0. The molecule has 1 atom stereocenters. The van der Waals surface area contributed by atoms with Crippen LogP contribution in [-0.4, -0.2) is 42.8 Å². The van der Waals surface area contributed by atoms with Crippen molar-refractivity contribution in [1.82, 2.24) is 4.90 Å². The van der Waals surface area contributed by atoms with Crippen molar-refractivity contribution in [2.75, 3.05) is 20.2 Å². The van der Waals surface area contributed by atoms with Crippen LogP contribution >= 0.6 is 0 Å². The Morgan fingerprint density at radius 3 is 2.64 bits per heavy atom. The second kappa shape index (κ2) is 4.21. The third kappa shape index (κ3) is 2.10. The van der Waals surface area contributed by atoms with Gasteiger partial charge in [-0.15, -0.1) is 0 Å². The number of nitrogens with zero attached hydrogens (tertiary/aromatic N) is 1. The number of likely N-dealkylation sites (tertiary alicyclic amines) is 1. The lowest BCUT2D eigenvalue weighted by atomic mass is 9.96. The molecule has 0 aromatic carbocycles. The second-order valence-corrected chi connectivity index (χ2v) is 3.26. The van der Waals surface area contributed by atoms with Crippen molar-refractivity contribution in [1.29, 1.82) is 0 Å². The second-order valence-electron chi connectivity index (χ2n) is 3.26. The molecule has 0 saturated carbocycles. The van der Waals surface area contributed by atoms with Crippen LogP contribution in [0.2, 0.25) is 0 Å². The minimum atomic E-state index is -0.794. The van der Waals surface area contributed by atoms with Crippen LogP contribution in [0.4, 0.5) is 0 Å². The zero-order valence-electron chi connectivity index (χ0n) is 8.28. The molecule has 5 nitrogen and oxygen atoms in total. The smallest absolute Gasteiger partial charge is 0.318 e. The molecule has 0 bridgehead atoms. The molecule has 0 spiro atoms. The predicted molar refractivity (Wildman–Crippen MR) is 47.4 cm³/mol. The first-order chi connectivity index (χ1) is 6.56. The number of rotatable bonds is 1. The summed E-state index contributed by atoms with van der Waals surface area (Å²) >= 11 is 0. The number of hydrogen-bond donors (Lipinski definition) is 0. The molecule has 0 aliphatic carbocycles. The van der Waals surface area contributed by atoms with E-state index in [4.69, 9.17) is 0 Å². The topological polar surface area (TPSA) is 63.7 Å². The van der Waals surface area contributed by atoms with Gasteiger partial charge in [0.05, 0.1) is 7.11 Å². The molecule has 14 heavy (non-hydrogen) atoms. The third-order valence-electron chi connectivity index (χ3n) is 2.35. The highest BCUT2D eigenvalue weighted by atomic mass is 16.5. The number of Topliss-reactive ketones (excluding diaryl/α,β-unsaturated/α-hetero) is 1. The fraction of sp³-hybridized carbons (Fsp3) is 0.667. The van der Waals surface area contributed by atoms with Gasteiger partial charge in [-0.1, -0.05) is 0 Å². The molecule has 0 radical (unpaired) electrons. The van der Waals surface area contributed by atoms with Gasteiger partial charge in [-0.25, -0.2) is 0 Å². The third-order valence-corrected chi connectivity index (χ3v) is 2.35. The van der Waals surface area contributed by atoms with Gasteiger partial charge in [0.2, 0.25) is 5.91 Å². The molecule has 0 N–H and O–H groups in total. The summed E-state index contributed by atoms with van der Waals surface area (Å²) in [4.78, 5) is 35.0. The number of carbonyl (C=O) groups excluding carboxylic acids is 3. The van der Waals surface area contributed by atoms with Gasteiger partial charge in [-0.3, -0.25) is 14.4 Å². The predicted octanol–water partition coefficient (Wildman–Crippen LogP) is -0.403. The quantitative estimate of drug-likeness (QED) is 0.425. The van der Waals surface area contributed by atoms with Crippen LogP contribution in [0.25, 0.3) is 0 Å². The highest BCUT2D eigenvalue weighted by Gasteiger charge is 2.34. The Hall–Kier alpha value is -1.39. The standard InChI is InChI=1S/C9H13NO4/c1-6(11)10-4-3-8(12)7(5-10)9(13)14-2/h7H,3-5H2,1-2H3/t7-/m1/s1. The normalized spacial score (nSPS) is 22.0. The van der Waals surface area contributed by atoms with Gasteiger partial charge < -0.3 is 9.64 Å². The van der Waals surface area contributed by atoms with E-state index in [0.717, 1.165) is 0 Å². The highest BCUT2D eigenvalue weighted by Crippen LogP contribution is 2.14. The van der Waals surface area contributed by atoms with E-state index in [1.807, 2.05) is 0 Å². The minimum absolute atomic E-state index is 0.119. The molecule has 1 fully saturated rings. The number of carbonyl (C=O) groups is 3. The maximum Gasteiger partial charge on any atom is 0.318 e. The first-order valence-corrected chi connectivity index (χ1v) is 4.42. The van der Waals surface area contributed by atoms with Gasteiger partial charge in [-0.2, -0.15) is 0 Å². The number of amides is 1. The maximum atomic E-state index is 11.3. The van der Waals surface area contributed by atoms with E-state index < -0.39 is 11.9 Å². The average molecular weight is 199 g/mol. The summed E-state index contributed by atoms with van der Waals surface area (Å²) in [5.41, 5.74) is 0. The molecule has 1 aliphatic rings. The lowest BCUT2D eigenvalue weighted by Gasteiger charge is -2.29. The lowest BCUT2D eigenvalue weighted by molar-refractivity contribution is -0.153. The molecular formula is C9H13NO4. The zero-order valence-corrected chi connectivity index (χ0v) is 8.28. The van der Waals surface area contributed by atoms with E-state index >= 15 is 0 Å². The molecule has 78 valence electrons. The Morgan fingerprint density at radius 1 is 1.50 bits per heavy atom. The summed E-state index contributed by atoms with van der Waals surface area (Å²) in [6.07, 6.45) is 0.235. The summed E-state index contributed by atoms with van der Waals surface area (Å²) in [7, 11) is 1.24. The molecule has 1 aliphatic heterocycles. The Kier molecular flexibility index (Phi) is 3.22. The zero-order chi connectivity index (χ0) is 10.7. The molecule has 0 aromatic heterocycles. The molecule has 1 heterocycles. The molecular weight excluding hydrogens is 186 g/mol. The van der Waals surface area contributed by atoms with Crippen LogP contribution in [0, 0.1) is 5.92 Å². The van der Waals surface area contributed by atoms with Gasteiger partial charge in [0.15, 0.2) is 5.78 Å². The van der Waals surface area contributed by atoms with Gasteiger partial charge in [0, 0.05) is 26.4 Å². The summed E-state index contributed by atoms with van der Waals surface area (Å²) in [6.45, 7) is 1.98. The first kappa shape index (κ1) is 10.7. The SMILES string of the molecule is COC(=O)[C@@H]1CN(C(C)=O)CCC1=O. The van der Waals surface area contributed by atoms with Crippen molar-refractivity contribution in [3.05, 3.63) is 0 Å². The molecule has 1 rings (SSSR count). The van der Waals surface area contributed by atoms with Gasteiger partial charge in [0.25, 0.3) is 0 Å². The lowest BCUT2D eigenvalue weighted by Crippen LogP contribution is -2.46. The van der Waals surface area contributed by atoms with Gasteiger partial charge in [-0.05, 0) is 0 Å². The number of piperidine rings is 1. The van der Waals surface area contributed by atoms with E-state index in [2.05, 4.69) is 4.74 Å². The van der Waals surface area contributed by atoms with Gasteiger partial charge >= 0.3 is 5.97 Å². The van der Waals surface area contributed by atoms with Crippen molar-refractivity contribution in [3.63, 3.8) is 0 Å². The number of methoxy groups -OCH3 is 1. The first-order valence-electron chi connectivity index (χ1n) is 4.42. The Labute approximate surface area is 82.0 Å². The molecule has 5 heteroatoms. The Bertz CT molecular complexity index is 266. The van der Waals surface area contributed by atoms with E-state index in [1.165, 1.54) is 18.9 Å². The monoisotopic (exact) mass is 199 g/mol. The average Bonchev–Trinajstić information content (AvgIpc) is 2.17. The van der Waals surface area contributed by atoms with Crippen molar-refractivity contribution in [3.8, 4) is 0 Å². The van der Waals surface area contributed by atoms with Crippen molar-refractivity contribution < 1.29 is 19.1 Å². The number of esters is 1. The minimum Gasteiger partial charge on any atom is -0.468 e. The van der Waals surface area contributed by atoms with Crippen LogP contribution < -0.4 is 0 Å². The number of hydrogen-bond acceptors (Lipinski definition) is 4. The molecule has 0 aromatic rings. The number of ether oxygens (including phenoxy) is 1. The summed E-state index contributed by atoms with van der Waals surface area (Å²) in [5, 5.41) is 0. The summed E-state index contributed by atoms with van der Waals surface area (Å²) in [5.74, 6) is -1.61. The Balaban J connectivity index is 2.69. The maximum absolute atomic E-state index is 11.3. The van der Waals surface area contributed by atoms with Crippen LogP contribution in [-0.2, 0) is 19.1 Å². The van der Waals surface area contributed by atoms with Crippen molar-refractivity contribution >= 4 is 17.7 Å². The van der Waals surface area contributed by atoms with E-state index in [9.17, 15) is 14.4 Å². The van der Waals surface area contributed by atoms with Crippen LogP contribution in [0.15, 0.2) is 0 Å². The van der Waals surface area contributed by atoms with Crippen LogP contribution in [0.5, 0.6) is 0 Å². The fourth-order valence-corrected chi connectivity index (χ4v) is 1.47. The number of ketones is 1. The van der Waals surface area contributed by atoms with Gasteiger partial charge in [0.1, 0.15) is 5.92 Å². The van der Waals surface area contributed by atoms with E-state index in [1.54, 1.807) is 0 Å². The van der Waals surface area contributed by atoms with Crippen LogP contribution in [0.3, 0.4) is 0 Å². The summed E-state index contributed by atoms with van der Waals surface area (Å²) < 4.78 is 4.49. The molecule has 1 saturated heterocycles. The molecule has 0 unspecified atom stereocenters. The van der Waals surface area contributed by atoms with E-state index in [-0.39, 0.29) is 24.7 Å². The fourth-order valence-electron chi connectivity index (χ4n) is 1.47. The largest absolute Gasteiger partial charge is 0.468 e. The van der Waals surface area contributed by atoms with Crippen molar-refractivity contribution in [2.24, 2.45) is 5.92 Å². The Morgan fingerprint density at radius 2 is 2.14 bits per heavy atom. The molecule has 1 amide bonds. The highest BCUT2D eigenvalue weighted by molar-refractivity contribution is 6.00. The van der Waals surface area contributed by atoms with Crippen LogP contribution in [0.1, 0.15) is 13.3 Å².